The van der Waals surface area contributed by atoms with Crippen LogP contribution < -0.4 is 0 Å². The Labute approximate surface area is 180 Å². The van der Waals surface area contributed by atoms with Crippen LogP contribution in [-0.4, -0.2) is 32.7 Å². The number of rotatable bonds is 9. The summed E-state index contributed by atoms with van der Waals surface area (Å²) in [7, 11) is 1.62. The maximum Gasteiger partial charge on any atom is 0.132 e. The maximum absolute atomic E-state index is 10.4. The Morgan fingerprint density at radius 2 is 1.11 bits per heavy atom. The standard InChI is InChI=1S/C7H14O3.C6H14.C5H12.C4H10.C3H8/c1-7(8)3-4-10-6-5-9-2;1-4-6(3)5-2;1-4-5(2)3;1-4(2)3;1-3-2/h3-6H2,1-2H3;6H,4-5H2,1-3H3;5H,4H2,1-3H3;4H,1-3H3;3H2,1-2H3. The number of ether oxygens (including phenoxy) is 2. The Hall–Kier alpha value is -0.410. The van der Waals surface area contributed by atoms with Crippen molar-refractivity contribution in [2.45, 2.75) is 115 Å². The summed E-state index contributed by atoms with van der Waals surface area (Å²) in [5, 5.41) is 0. The molecule has 0 aromatic carbocycles. The Morgan fingerprint density at radius 1 is 0.750 bits per heavy atom. The molecule has 0 radical (unpaired) electrons. The van der Waals surface area contributed by atoms with Gasteiger partial charge in [0.1, 0.15) is 5.78 Å². The van der Waals surface area contributed by atoms with Crippen molar-refractivity contribution in [2.24, 2.45) is 17.8 Å². The molecule has 0 N–H and O–H groups in total. The van der Waals surface area contributed by atoms with E-state index < -0.39 is 0 Å². The second kappa shape index (κ2) is 37.4. The lowest BCUT2D eigenvalue weighted by Crippen LogP contribution is -2.05. The number of methoxy groups -OCH3 is 1. The molecule has 176 valence electrons. The van der Waals surface area contributed by atoms with Crippen LogP contribution in [0.1, 0.15) is 115 Å². The van der Waals surface area contributed by atoms with E-state index in [4.69, 9.17) is 9.47 Å². The van der Waals surface area contributed by atoms with Gasteiger partial charge in [-0.2, -0.15) is 0 Å². The Kier molecular flexibility index (Phi) is 51.0. The summed E-state index contributed by atoms with van der Waals surface area (Å²) in [5.41, 5.74) is 0. The minimum absolute atomic E-state index is 0.164. The molecule has 0 aliphatic heterocycles. The molecule has 0 atom stereocenters. The predicted octanol–water partition coefficient (Wildman–Crippen LogP) is 8.20. The van der Waals surface area contributed by atoms with Gasteiger partial charge in [-0.25, -0.2) is 0 Å². The summed E-state index contributed by atoms with van der Waals surface area (Å²) < 4.78 is 9.78. The smallest absolute Gasteiger partial charge is 0.132 e. The lowest BCUT2D eigenvalue weighted by molar-refractivity contribution is -0.118. The molecule has 28 heavy (non-hydrogen) atoms. The fourth-order valence-electron chi connectivity index (χ4n) is 0.749. The SMILES string of the molecule is CC(C)C.CCC.CCC(C)C.CCC(C)CC.COCCOCCC(C)=O. The van der Waals surface area contributed by atoms with E-state index in [1.54, 1.807) is 14.0 Å². The van der Waals surface area contributed by atoms with Gasteiger partial charge in [-0.15, -0.1) is 0 Å². The molecule has 0 aromatic heterocycles. The van der Waals surface area contributed by atoms with Crippen LogP contribution in [0.15, 0.2) is 0 Å². The largest absolute Gasteiger partial charge is 0.382 e. The zero-order chi connectivity index (χ0) is 23.4. The molecule has 0 aromatic rings. The number of hydrogen-bond acceptors (Lipinski definition) is 3. The molecule has 0 bridgehead atoms. The van der Waals surface area contributed by atoms with Crippen molar-refractivity contribution >= 4 is 5.78 Å². The average molecular weight is 407 g/mol. The van der Waals surface area contributed by atoms with Crippen molar-refractivity contribution in [3.05, 3.63) is 0 Å². The number of ketones is 1. The van der Waals surface area contributed by atoms with E-state index in [1.807, 2.05) is 0 Å². The lowest BCUT2D eigenvalue weighted by Gasteiger charge is -1.99. The molecule has 3 heteroatoms. The van der Waals surface area contributed by atoms with Crippen LogP contribution in [0.25, 0.3) is 0 Å². The molecule has 3 nitrogen and oxygen atoms in total. The van der Waals surface area contributed by atoms with Crippen LogP contribution in [0.2, 0.25) is 0 Å². The van der Waals surface area contributed by atoms with Crippen molar-refractivity contribution in [2.75, 3.05) is 26.9 Å². The van der Waals surface area contributed by atoms with Crippen LogP contribution in [0, 0.1) is 17.8 Å². The van der Waals surface area contributed by atoms with E-state index in [9.17, 15) is 4.79 Å². The molecule has 0 amide bonds. The van der Waals surface area contributed by atoms with Crippen molar-refractivity contribution < 1.29 is 14.3 Å². The highest BCUT2D eigenvalue weighted by molar-refractivity contribution is 5.75. The summed E-state index contributed by atoms with van der Waals surface area (Å²) in [6, 6.07) is 0. The van der Waals surface area contributed by atoms with E-state index in [1.165, 1.54) is 25.7 Å². The van der Waals surface area contributed by atoms with Gasteiger partial charge < -0.3 is 9.47 Å². The summed E-state index contributed by atoms with van der Waals surface area (Å²) in [5.74, 6) is 2.82. The van der Waals surface area contributed by atoms with Gasteiger partial charge in [-0.1, -0.05) is 102 Å². The van der Waals surface area contributed by atoms with Gasteiger partial charge in [0.15, 0.2) is 0 Å². The van der Waals surface area contributed by atoms with Gasteiger partial charge in [0, 0.05) is 13.5 Å². The minimum Gasteiger partial charge on any atom is -0.382 e. The molecular formula is C25H58O3. The van der Waals surface area contributed by atoms with E-state index >= 15 is 0 Å². The maximum atomic E-state index is 10.4. The van der Waals surface area contributed by atoms with Crippen LogP contribution in [0.3, 0.4) is 0 Å². The average Bonchev–Trinajstić information content (AvgIpc) is 2.61. The van der Waals surface area contributed by atoms with Gasteiger partial charge in [0.05, 0.1) is 19.8 Å². The van der Waals surface area contributed by atoms with E-state index in [-0.39, 0.29) is 5.78 Å². The van der Waals surface area contributed by atoms with Crippen LogP contribution >= 0.6 is 0 Å². The fourth-order valence-corrected chi connectivity index (χ4v) is 0.749. The summed E-state index contributed by atoms with van der Waals surface area (Å²) >= 11 is 0. The molecule has 0 spiro atoms. The Morgan fingerprint density at radius 3 is 1.29 bits per heavy atom. The van der Waals surface area contributed by atoms with Crippen LogP contribution in [-0.2, 0) is 14.3 Å². The van der Waals surface area contributed by atoms with Gasteiger partial charge in [0.2, 0.25) is 0 Å². The highest BCUT2D eigenvalue weighted by Gasteiger charge is 1.92. The number of carbonyl (C=O) groups excluding carboxylic acids is 1. The van der Waals surface area contributed by atoms with Crippen molar-refractivity contribution in [3.8, 4) is 0 Å². The monoisotopic (exact) mass is 406 g/mol. The third-order valence-electron chi connectivity index (χ3n) is 3.24. The number of hydrogen-bond donors (Lipinski definition) is 0. The molecular weight excluding hydrogens is 348 g/mol. The zero-order valence-corrected chi connectivity index (χ0v) is 22.1. The fraction of sp³-hybridized carbons (Fsp3) is 0.960. The zero-order valence-electron chi connectivity index (χ0n) is 22.1. The van der Waals surface area contributed by atoms with E-state index in [2.05, 4.69) is 76.2 Å². The van der Waals surface area contributed by atoms with Crippen molar-refractivity contribution in [1.29, 1.82) is 0 Å². The lowest BCUT2D eigenvalue weighted by atomic mass is 10.1. The first-order valence-corrected chi connectivity index (χ1v) is 11.6. The second-order valence-corrected chi connectivity index (χ2v) is 8.22. The third-order valence-corrected chi connectivity index (χ3v) is 3.24. The van der Waals surface area contributed by atoms with Gasteiger partial charge in [0.25, 0.3) is 0 Å². The van der Waals surface area contributed by atoms with E-state index in [0.717, 1.165) is 17.8 Å². The topological polar surface area (TPSA) is 35.5 Å². The first-order valence-electron chi connectivity index (χ1n) is 11.6. The molecule has 0 saturated heterocycles. The van der Waals surface area contributed by atoms with Gasteiger partial charge >= 0.3 is 0 Å². The molecule has 0 aliphatic carbocycles. The highest BCUT2D eigenvalue weighted by atomic mass is 16.5. The van der Waals surface area contributed by atoms with Gasteiger partial charge in [-0.3, -0.25) is 4.79 Å². The third kappa shape index (κ3) is 97.6. The summed E-state index contributed by atoms with van der Waals surface area (Å²) in [6.45, 7) is 27.4. The molecule has 0 aliphatic rings. The molecule has 0 saturated carbocycles. The molecule has 0 rings (SSSR count). The first kappa shape index (κ1) is 38.2. The van der Waals surface area contributed by atoms with Crippen molar-refractivity contribution in [3.63, 3.8) is 0 Å². The number of carbonyl (C=O) groups is 1. The van der Waals surface area contributed by atoms with Gasteiger partial charge in [-0.05, 0) is 24.7 Å². The quantitative estimate of drug-likeness (QED) is 0.362. The molecule has 0 unspecified atom stereocenters. The Balaban J connectivity index is -0.0000000848. The second-order valence-electron chi connectivity index (χ2n) is 8.22. The summed E-state index contributed by atoms with van der Waals surface area (Å²) in [6.07, 6.45) is 5.72. The normalized spacial score (nSPS) is 9.29. The summed E-state index contributed by atoms with van der Waals surface area (Å²) in [4.78, 5) is 10.4. The van der Waals surface area contributed by atoms with Crippen LogP contribution in [0.4, 0.5) is 0 Å². The van der Waals surface area contributed by atoms with Crippen molar-refractivity contribution in [1.82, 2.24) is 0 Å². The number of Topliss-reactive ketones (excluding diaryl/α,β-unsaturated/α-hetero) is 1. The molecule has 0 heterocycles. The first-order chi connectivity index (χ1) is 13.0. The Bertz CT molecular complexity index is 231. The predicted molar refractivity (Wildman–Crippen MR) is 129 cm³/mol. The van der Waals surface area contributed by atoms with E-state index in [0.29, 0.717) is 26.2 Å². The highest BCUT2D eigenvalue weighted by Crippen LogP contribution is 2.02. The minimum atomic E-state index is 0.164. The van der Waals surface area contributed by atoms with Crippen LogP contribution in [0.5, 0.6) is 0 Å². The molecule has 0 fully saturated rings.